The molecule has 2 nitrogen and oxygen atoms in total. The van der Waals surface area contributed by atoms with Crippen LogP contribution in [0.25, 0.3) is 0 Å². The van der Waals surface area contributed by atoms with Crippen molar-refractivity contribution in [1.82, 2.24) is 5.32 Å². The SMILES string of the molecule is CNC(Cc1ccoc1)c1c(F)cccc1Br. The number of hydrogen-bond donors (Lipinski definition) is 1. The molecule has 0 bridgehead atoms. The molecule has 1 aromatic carbocycles. The molecule has 0 saturated heterocycles. The van der Waals surface area contributed by atoms with Crippen LogP contribution in [0.15, 0.2) is 45.7 Å². The Hall–Kier alpha value is -1.13. The van der Waals surface area contributed by atoms with E-state index < -0.39 is 0 Å². The second-order valence-electron chi connectivity index (χ2n) is 3.81. The lowest BCUT2D eigenvalue weighted by Gasteiger charge is -2.18. The zero-order valence-electron chi connectivity index (χ0n) is 9.41. The van der Waals surface area contributed by atoms with E-state index in [9.17, 15) is 4.39 Å². The summed E-state index contributed by atoms with van der Waals surface area (Å²) in [5, 5.41) is 3.13. The van der Waals surface area contributed by atoms with Crippen LogP contribution in [0, 0.1) is 5.82 Å². The van der Waals surface area contributed by atoms with Crippen molar-refractivity contribution in [2.45, 2.75) is 12.5 Å². The largest absolute Gasteiger partial charge is 0.472 e. The molecule has 0 amide bonds. The second-order valence-corrected chi connectivity index (χ2v) is 4.67. The van der Waals surface area contributed by atoms with Crippen molar-refractivity contribution in [2.24, 2.45) is 0 Å². The lowest BCUT2D eigenvalue weighted by Crippen LogP contribution is -2.20. The van der Waals surface area contributed by atoms with E-state index in [2.05, 4.69) is 21.2 Å². The van der Waals surface area contributed by atoms with Gasteiger partial charge in [0.05, 0.1) is 12.5 Å². The quantitative estimate of drug-likeness (QED) is 0.931. The van der Waals surface area contributed by atoms with E-state index in [-0.39, 0.29) is 11.9 Å². The Labute approximate surface area is 108 Å². The molecule has 1 aromatic heterocycles. The van der Waals surface area contributed by atoms with Gasteiger partial charge in [-0.15, -0.1) is 0 Å². The van der Waals surface area contributed by atoms with Gasteiger partial charge >= 0.3 is 0 Å². The fourth-order valence-electron chi connectivity index (χ4n) is 1.84. The molecule has 0 fully saturated rings. The molecule has 1 unspecified atom stereocenters. The summed E-state index contributed by atoms with van der Waals surface area (Å²) >= 11 is 3.39. The lowest BCUT2D eigenvalue weighted by molar-refractivity contribution is 0.524. The maximum atomic E-state index is 13.8. The highest BCUT2D eigenvalue weighted by atomic mass is 79.9. The highest BCUT2D eigenvalue weighted by Crippen LogP contribution is 2.28. The van der Waals surface area contributed by atoms with Crippen LogP contribution in [0.1, 0.15) is 17.2 Å². The highest BCUT2D eigenvalue weighted by molar-refractivity contribution is 9.10. The molecule has 4 heteroatoms. The maximum Gasteiger partial charge on any atom is 0.129 e. The molecule has 17 heavy (non-hydrogen) atoms. The third-order valence-electron chi connectivity index (χ3n) is 2.72. The van der Waals surface area contributed by atoms with Crippen LogP contribution in [-0.2, 0) is 6.42 Å². The molecule has 2 rings (SSSR count). The summed E-state index contributed by atoms with van der Waals surface area (Å²) in [6, 6.07) is 6.81. The first kappa shape index (κ1) is 12.3. The molecule has 0 spiro atoms. The van der Waals surface area contributed by atoms with E-state index in [0.717, 1.165) is 10.0 Å². The number of furan rings is 1. The summed E-state index contributed by atoms with van der Waals surface area (Å²) in [6.07, 6.45) is 3.99. The minimum absolute atomic E-state index is 0.0804. The van der Waals surface area contributed by atoms with Crippen LogP contribution in [0.2, 0.25) is 0 Å². The summed E-state index contributed by atoms with van der Waals surface area (Å²) in [4.78, 5) is 0. The number of rotatable bonds is 4. The topological polar surface area (TPSA) is 25.2 Å². The van der Waals surface area contributed by atoms with Gasteiger partial charge in [-0.1, -0.05) is 22.0 Å². The standard InChI is InChI=1S/C13H13BrFNO/c1-16-12(7-9-5-6-17-8-9)13-10(14)3-2-4-11(13)15/h2-6,8,12,16H,7H2,1H3. The molecular formula is C13H13BrFNO. The molecule has 2 aromatic rings. The summed E-state index contributed by atoms with van der Waals surface area (Å²) in [6.45, 7) is 0. The van der Waals surface area contributed by atoms with Crippen molar-refractivity contribution in [2.75, 3.05) is 7.05 Å². The van der Waals surface area contributed by atoms with Gasteiger partial charge in [0.2, 0.25) is 0 Å². The maximum absolute atomic E-state index is 13.8. The van der Waals surface area contributed by atoms with Crippen molar-refractivity contribution in [3.63, 3.8) is 0 Å². The van der Waals surface area contributed by atoms with Gasteiger partial charge < -0.3 is 9.73 Å². The van der Waals surface area contributed by atoms with Gasteiger partial charge in [0.1, 0.15) is 5.82 Å². The van der Waals surface area contributed by atoms with E-state index in [1.54, 1.807) is 18.6 Å². The van der Waals surface area contributed by atoms with Crippen molar-refractivity contribution in [1.29, 1.82) is 0 Å². The monoisotopic (exact) mass is 297 g/mol. The Bertz CT molecular complexity index is 464. The van der Waals surface area contributed by atoms with Gasteiger partial charge in [0.15, 0.2) is 0 Å². The number of nitrogens with one attached hydrogen (secondary N) is 1. The first-order valence-corrected chi connectivity index (χ1v) is 6.14. The Kier molecular flexibility index (Phi) is 3.97. The van der Waals surface area contributed by atoms with E-state index in [0.29, 0.717) is 12.0 Å². The fourth-order valence-corrected chi connectivity index (χ4v) is 2.45. The fraction of sp³-hybridized carbons (Fsp3) is 0.231. The van der Waals surface area contributed by atoms with Gasteiger partial charge in [-0.05, 0) is 37.2 Å². The molecule has 90 valence electrons. The third-order valence-corrected chi connectivity index (χ3v) is 3.41. The normalized spacial score (nSPS) is 12.6. The molecule has 0 saturated carbocycles. The molecule has 0 aliphatic heterocycles. The molecular weight excluding hydrogens is 285 g/mol. The van der Waals surface area contributed by atoms with Crippen LogP contribution in [0.3, 0.4) is 0 Å². The van der Waals surface area contributed by atoms with Crippen molar-refractivity contribution >= 4 is 15.9 Å². The predicted octanol–water partition coefficient (Wildman–Crippen LogP) is 3.68. The van der Waals surface area contributed by atoms with Crippen LogP contribution in [0.4, 0.5) is 4.39 Å². The van der Waals surface area contributed by atoms with Gasteiger partial charge in [0, 0.05) is 16.1 Å². The van der Waals surface area contributed by atoms with E-state index in [4.69, 9.17) is 4.42 Å². The van der Waals surface area contributed by atoms with E-state index in [1.165, 1.54) is 6.07 Å². The Morgan fingerprint density at radius 1 is 1.41 bits per heavy atom. The molecule has 1 atom stereocenters. The lowest BCUT2D eigenvalue weighted by atomic mass is 10.0. The average Bonchev–Trinajstić information content (AvgIpc) is 2.80. The average molecular weight is 298 g/mol. The Morgan fingerprint density at radius 3 is 2.82 bits per heavy atom. The summed E-state index contributed by atoms with van der Waals surface area (Å²) in [5.74, 6) is -0.206. The van der Waals surface area contributed by atoms with Crippen molar-refractivity contribution in [3.05, 3.63) is 58.2 Å². The molecule has 0 aliphatic carbocycles. The van der Waals surface area contributed by atoms with Crippen molar-refractivity contribution in [3.8, 4) is 0 Å². The molecule has 1 heterocycles. The minimum Gasteiger partial charge on any atom is -0.472 e. The first-order valence-electron chi connectivity index (χ1n) is 5.34. The molecule has 0 aliphatic rings. The predicted molar refractivity (Wildman–Crippen MR) is 68.3 cm³/mol. The van der Waals surface area contributed by atoms with E-state index in [1.807, 2.05) is 19.2 Å². The summed E-state index contributed by atoms with van der Waals surface area (Å²) < 4.78 is 19.6. The first-order chi connectivity index (χ1) is 8.22. The van der Waals surface area contributed by atoms with Crippen LogP contribution >= 0.6 is 15.9 Å². The molecule has 1 N–H and O–H groups in total. The molecule has 0 radical (unpaired) electrons. The van der Waals surface area contributed by atoms with Gasteiger partial charge in [-0.25, -0.2) is 4.39 Å². The smallest absolute Gasteiger partial charge is 0.129 e. The Morgan fingerprint density at radius 2 is 2.24 bits per heavy atom. The zero-order chi connectivity index (χ0) is 12.3. The van der Waals surface area contributed by atoms with Crippen LogP contribution in [-0.4, -0.2) is 7.05 Å². The summed E-state index contributed by atoms with van der Waals surface area (Å²) in [5.41, 5.74) is 1.69. The zero-order valence-corrected chi connectivity index (χ0v) is 11.0. The van der Waals surface area contributed by atoms with Gasteiger partial charge in [0.25, 0.3) is 0 Å². The number of likely N-dealkylation sites (N-methyl/N-ethyl adjacent to an activating group) is 1. The van der Waals surface area contributed by atoms with Gasteiger partial charge in [-0.2, -0.15) is 0 Å². The van der Waals surface area contributed by atoms with Gasteiger partial charge in [-0.3, -0.25) is 0 Å². The van der Waals surface area contributed by atoms with Crippen molar-refractivity contribution < 1.29 is 8.81 Å². The second kappa shape index (κ2) is 5.47. The summed E-state index contributed by atoms with van der Waals surface area (Å²) in [7, 11) is 1.82. The third kappa shape index (κ3) is 2.76. The Balaban J connectivity index is 2.29. The van der Waals surface area contributed by atoms with Crippen LogP contribution < -0.4 is 5.32 Å². The minimum atomic E-state index is -0.206. The highest BCUT2D eigenvalue weighted by Gasteiger charge is 2.17. The number of halogens is 2. The van der Waals surface area contributed by atoms with Crippen LogP contribution in [0.5, 0.6) is 0 Å². The number of hydrogen-bond acceptors (Lipinski definition) is 2. The van der Waals surface area contributed by atoms with E-state index >= 15 is 0 Å². The number of benzene rings is 1.